The number of hydrogen-bond acceptors (Lipinski definition) is 2. The number of likely N-dealkylation sites (tertiary alicyclic amines) is 1. The van der Waals surface area contributed by atoms with Crippen molar-refractivity contribution >= 4 is 0 Å². The van der Waals surface area contributed by atoms with E-state index in [-0.39, 0.29) is 0 Å². The number of nitrogens with two attached hydrogens (primary N) is 1. The molecule has 0 radical (unpaired) electrons. The molecule has 0 spiro atoms. The molecule has 1 saturated heterocycles. The molecule has 0 bridgehead atoms. The molecule has 1 aliphatic rings. The van der Waals surface area contributed by atoms with Crippen LogP contribution in [0, 0.1) is 5.92 Å². The Labute approximate surface area is 92.1 Å². The standard InChI is InChI=1S/C13H20N2/c1-10-8-15(9-13(10)14)11(2)12-6-4-3-5-7-12/h3-7,10-11,13H,8-9,14H2,1-2H3. The summed E-state index contributed by atoms with van der Waals surface area (Å²) in [4.78, 5) is 2.48. The number of benzene rings is 1. The molecule has 82 valence electrons. The summed E-state index contributed by atoms with van der Waals surface area (Å²) >= 11 is 0. The lowest BCUT2D eigenvalue weighted by Crippen LogP contribution is -2.29. The predicted molar refractivity (Wildman–Crippen MR) is 63.6 cm³/mol. The van der Waals surface area contributed by atoms with Gasteiger partial charge in [-0.1, -0.05) is 37.3 Å². The van der Waals surface area contributed by atoms with Gasteiger partial charge in [-0.15, -0.1) is 0 Å². The number of hydrogen-bond donors (Lipinski definition) is 1. The molecule has 0 aliphatic carbocycles. The van der Waals surface area contributed by atoms with Crippen molar-refractivity contribution in [2.75, 3.05) is 13.1 Å². The van der Waals surface area contributed by atoms with Gasteiger partial charge >= 0.3 is 0 Å². The molecule has 2 nitrogen and oxygen atoms in total. The van der Waals surface area contributed by atoms with Gasteiger partial charge in [0, 0.05) is 25.2 Å². The van der Waals surface area contributed by atoms with Crippen LogP contribution in [-0.4, -0.2) is 24.0 Å². The molecule has 2 rings (SSSR count). The first-order valence-corrected chi connectivity index (χ1v) is 5.73. The van der Waals surface area contributed by atoms with Gasteiger partial charge in [0.05, 0.1) is 0 Å². The van der Waals surface area contributed by atoms with E-state index in [1.807, 2.05) is 0 Å². The van der Waals surface area contributed by atoms with E-state index in [0.29, 0.717) is 18.0 Å². The largest absolute Gasteiger partial charge is 0.326 e. The highest BCUT2D eigenvalue weighted by Crippen LogP contribution is 2.26. The smallest absolute Gasteiger partial charge is 0.0320 e. The van der Waals surface area contributed by atoms with Gasteiger partial charge in [-0.2, -0.15) is 0 Å². The van der Waals surface area contributed by atoms with Gasteiger partial charge in [0.25, 0.3) is 0 Å². The summed E-state index contributed by atoms with van der Waals surface area (Å²) < 4.78 is 0. The maximum absolute atomic E-state index is 6.04. The van der Waals surface area contributed by atoms with Gasteiger partial charge in [-0.3, -0.25) is 4.90 Å². The van der Waals surface area contributed by atoms with E-state index in [1.165, 1.54) is 5.56 Å². The summed E-state index contributed by atoms with van der Waals surface area (Å²) in [5, 5.41) is 0. The van der Waals surface area contributed by atoms with Crippen molar-refractivity contribution in [1.29, 1.82) is 0 Å². The van der Waals surface area contributed by atoms with Crippen LogP contribution in [0.5, 0.6) is 0 Å². The van der Waals surface area contributed by atoms with Crippen LogP contribution >= 0.6 is 0 Å². The topological polar surface area (TPSA) is 29.3 Å². The van der Waals surface area contributed by atoms with Crippen molar-refractivity contribution in [2.24, 2.45) is 11.7 Å². The lowest BCUT2D eigenvalue weighted by molar-refractivity contribution is 0.253. The van der Waals surface area contributed by atoms with Crippen molar-refractivity contribution < 1.29 is 0 Å². The second-order valence-electron chi connectivity index (χ2n) is 4.68. The zero-order valence-corrected chi connectivity index (χ0v) is 9.56. The fourth-order valence-corrected chi connectivity index (χ4v) is 2.29. The molecule has 2 heteroatoms. The molecule has 1 heterocycles. The molecular weight excluding hydrogens is 184 g/mol. The summed E-state index contributed by atoms with van der Waals surface area (Å²) in [6.07, 6.45) is 0. The minimum atomic E-state index is 0.344. The van der Waals surface area contributed by atoms with Gasteiger partial charge < -0.3 is 5.73 Å². The molecule has 2 N–H and O–H groups in total. The summed E-state index contributed by atoms with van der Waals surface area (Å²) in [5.74, 6) is 0.621. The zero-order valence-electron chi connectivity index (χ0n) is 9.56. The molecular formula is C13H20N2. The van der Waals surface area contributed by atoms with Gasteiger partial charge in [0.2, 0.25) is 0 Å². The Morgan fingerprint density at radius 1 is 1.27 bits per heavy atom. The van der Waals surface area contributed by atoms with E-state index in [0.717, 1.165) is 13.1 Å². The highest BCUT2D eigenvalue weighted by Gasteiger charge is 2.29. The van der Waals surface area contributed by atoms with Crippen molar-refractivity contribution in [3.63, 3.8) is 0 Å². The number of nitrogens with zero attached hydrogens (tertiary/aromatic N) is 1. The fourth-order valence-electron chi connectivity index (χ4n) is 2.29. The normalized spacial score (nSPS) is 29.3. The molecule has 15 heavy (non-hydrogen) atoms. The summed E-state index contributed by atoms with van der Waals surface area (Å²) in [6, 6.07) is 11.5. The van der Waals surface area contributed by atoms with E-state index in [2.05, 4.69) is 49.1 Å². The average molecular weight is 204 g/mol. The molecule has 1 aromatic carbocycles. The Balaban J connectivity index is 2.07. The summed E-state index contributed by atoms with van der Waals surface area (Å²) in [5.41, 5.74) is 7.43. The van der Waals surface area contributed by atoms with Gasteiger partial charge in [-0.05, 0) is 18.4 Å². The second kappa shape index (κ2) is 4.33. The second-order valence-corrected chi connectivity index (χ2v) is 4.68. The quantitative estimate of drug-likeness (QED) is 0.798. The summed E-state index contributed by atoms with van der Waals surface area (Å²) in [7, 11) is 0. The highest BCUT2D eigenvalue weighted by atomic mass is 15.2. The molecule has 0 amide bonds. The fraction of sp³-hybridized carbons (Fsp3) is 0.538. The van der Waals surface area contributed by atoms with Crippen molar-refractivity contribution in [3.05, 3.63) is 35.9 Å². The Kier molecular flexibility index (Phi) is 3.08. The highest BCUT2D eigenvalue weighted by molar-refractivity contribution is 5.18. The van der Waals surface area contributed by atoms with Crippen LogP contribution in [0.1, 0.15) is 25.5 Å². The monoisotopic (exact) mass is 204 g/mol. The lowest BCUT2D eigenvalue weighted by Gasteiger charge is -2.24. The Bertz CT molecular complexity index is 300. The molecule has 1 aromatic rings. The van der Waals surface area contributed by atoms with Gasteiger partial charge in [0.1, 0.15) is 0 Å². The van der Waals surface area contributed by atoms with E-state index < -0.39 is 0 Å². The molecule has 1 aliphatic heterocycles. The minimum absolute atomic E-state index is 0.344. The van der Waals surface area contributed by atoms with E-state index in [4.69, 9.17) is 5.73 Å². The number of rotatable bonds is 2. The SMILES string of the molecule is CC1CN(C(C)c2ccccc2)CC1N. The minimum Gasteiger partial charge on any atom is -0.326 e. The zero-order chi connectivity index (χ0) is 10.8. The molecule has 3 atom stereocenters. The first-order chi connectivity index (χ1) is 7.18. The van der Waals surface area contributed by atoms with Crippen LogP contribution in [0.3, 0.4) is 0 Å². The van der Waals surface area contributed by atoms with Gasteiger partial charge in [0.15, 0.2) is 0 Å². The molecule has 3 unspecified atom stereocenters. The maximum Gasteiger partial charge on any atom is 0.0320 e. The predicted octanol–water partition coefficient (Wildman–Crippen LogP) is 2.03. The first kappa shape index (κ1) is 10.7. The van der Waals surface area contributed by atoms with E-state index in [1.54, 1.807) is 0 Å². The maximum atomic E-state index is 6.04. The third kappa shape index (κ3) is 2.21. The van der Waals surface area contributed by atoms with Crippen LogP contribution in [0.25, 0.3) is 0 Å². The van der Waals surface area contributed by atoms with Crippen LogP contribution in [-0.2, 0) is 0 Å². The third-order valence-electron chi connectivity index (χ3n) is 3.53. The van der Waals surface area contributed by atoms with Crippen molar-refractivity contribution in [1.82, 2.24) is 4.90 Å². The van der Waals surface area contributed by atoms with E-state index >= 15 is 0 Å². The molecule has 0 aromatic heterocycles. The van der Waals surface area contributed by atoms with E-state index in [9.17, 15) is 0 Å². The third-order valence-corrected chi connectivity index (χ3v) is 3.53. The Hall–Kier alpha value is -0.860. The summed E-state index contributed by atoms with van der Waals surface area (Å²) in [6.45, 7) is 6.65. The first-order valence-electron chi connectivity index (χ1n) is 5.73. The molecule has 1 fully saturated rings. The van der Waals surface area contributed by atoms with Crippen LogP contribution < -0.4 is 5.73 Å². The Morgan fingerprint density at radius 3 is 2.47 bits per heavy atom. The van der Waals surface area contributed by atoms with Gasteiger partial charge in [-0.25, -0.2) is 0 Å². The molecule has 0 saturated carbocycles. The lowest BCUT2D eigenvalue weighted by atomic mass is 10.1. The Morgan fingerprint density at radius 2 is 1.93 bits per heavy atom. The van der Waals surface area contributed by atoms with Crippen LogP contribution in [0.4, 0.5) is 0 Å². The van der Waals surface area contributed by atoms with Crippen LogP contribution in [0.15, 0.2) is 30.3 Å². The average Bonchev–Trinajstić information content (AvgIpc) is 2.59. The van der Waals surface area contributed by atoms with Crippen LogP contribution in [0.2, 0.25) is 0 Å². The van der Waals surface area contributed by atoms with Crippen molar-refractivity contribution in [3.8, 4) is 0 Å². The van der Waals surface area contributed by atoms with Crippen molar-refractivity contribution in [2.45, 2.75) is 25.9 Å².